The first-order valence-corrected chi connectivity index (χ1v) is 12.2. The van der Waals surface area contributed by atoms with Crippen LogP contribution < -0.4 is 14.2 Å². The number of carboxylic acid groups (broad SMARTS) is 1. The Morgan fingerprint density at radius 1 is 0.944 bits per heavy atom. The van der Waals surface area contributed by atoms with Gasteiger partial charge in [0.15, 0.2) is 6.79 Å². The van der Waals surface area contributed by atoms with Crippen LogP contribution >= 0.6 is 0 Å². The molecule has 0 unspecified atom stereocenters. The molecule has 198 valence electrons. The Hall–Kier alpha value is -3.23. The first-order valence-electron chi connectivity index (χ1n) is 12.2. The monoisotopic (exact) mass is 502 g/mol. The number of hydrogen-bond donors (Lipinski definition) is 1. The zero-order valence-electron chi connectivity index (χ0n) is 21.7. The fourth-order valence-electron chi connectivity index (χ4n) is 3.07. The van der Waals surface area contributed by atoms with Crippen LogP contribution in [0.1, 0.15) is 38.3 Å². The molecule has 2 rings (SSSR count). The summed E-state index contributed by atoms with van der Waals surface area (Å²) in [5.74, 6) is 1.17. The van der Waals surface area contributed by atoms with Gasteiger partial charge in [-0.15, -0.1) is 0 Å². The second kappa shape index (κ2) is 16.4. The summed E-state index contributed by atoms with van der Waals surface area (Å²) in [5.41, 5.74) is 1.73. The van der Waals surface area contributed by atoms with E-state index in [2.05, 4.69) is 13.8 Å². The zero-order chi connectivity index (χ0) is 26.2. The second-order valence-electron chi connectivity index (χ2n) is 8.38. The second-order valence-corrected chi connectivity index (χ2v) is 8.38. The third-order valence-electron chi connectivity index (χ3n) is 5.06. The maximum absolute atomic E-state index is 11.5. The van der Waals surface area contributed by atoms with Crippen molar-refractivity contribution in [1.82, 2.24) is 0 Å². The van der Waals surface area contributed by atoms with Crippen molar-refractivity contribution in [2.45, 2.75) is 33.6 Å². The highest BCUT2D eigenvalue weighted by molar-refractivity contribution is 5.90. The lowest BCUT2D eigenvalue weighted by Crippen LogP contribution is -2.08. The van der Waals surface area contributed by atoms with Gasteiger partial charge < -0.3 is 33.5 Å². The van der Waals surface area contributed by atoms with Crippen LogP contribution in [0.3, 0.4) is 0 Å². The van der Waals surface area contributed by atoms with Crippen LogP contribution in [0.5, 0.6) is 17.2 Å². The van der Waals surface area contributed by atoms with Crippen LogP contribution in [0.4, 0.5) is 0 Å². The van der Waals surface area contributed by atoms with E-state index in [0.717, 1.165) is 17.7 Å². The van der Waals surface area contributed by atoms with Gasteiger partial charge in [0.05, 0.1) is 33.0 Å². The summed E-state index contributed by atoms with van der Waals surface area (Å²) in [6.07, 6.45) is 3.07. The van der Waals surface area contributed by atoms with Crippen LogP contribution in [0.2, 0.25) is 0 Å². The molecule has 1 N–H and O–H groups in total. The zero-order valence-corrected chi connectivity index (χ0v) is 21.7. The smallest absolute Gasteiger partial charge is 0.371 e. The molecule has 0 saturated heterocycles. The Balaban J connectivity index is 1.97. The Labute approximate surface area is 213 Å². The van der Waals surface area contributed by atoms with E-state index in [1.54, 1.807) is 32.2 Å². The first-order chi connectivity index (χ1) is 17.4. The fourth-order valence-corrected chi connectivity index (χ4v) is 3.07. The number of aliphatic carboxylic acids is 1. The number of methoxy groups -OCH3 is 1. The minimum Gasteiger partial charge on any atom is -0.493 e. The molecule has 8 nitrogen and oxygen atoms in total. The lowest BCUT2D eigenvalue weighted by atomic mass is 10.1. The van der Waals surface area contributed by atoms with E-state index < -0.39 is 5.97 Å². The Morgan fingerprint density at radius 2 is 1.69 bits per heavy atom. The summed E-state index contributed by atoms with van der Waals surface area (Å²) < 4.78 is 32.9. The molecule has 0 atom stereocenters. The van der Waals surface area contributed by atoms with Crippen LogP contribution in [-0.4, -0.2) is 58.0 Å². The predicted octanol–water partition coefficient (Wildman–Crippen LogP) is 5.19. The molecule has 0 aliphatic carbocycles. The van der Waals surface area contributed by atoms with Crippen LogP contribution in [-0.2, 0) is 25.4 Å². The van der Waals surface area contributed by atoms with Gasteiger partial charge in [0, 0.05) is 25.2 Å². The van der Waals surface area contributed by atoms with Crippen molar-refractivity contribution in [2.24, 2.45) is 5.92 Å². The maximum Gasteiger partial charge on any atom is 0.371 e. The van der Waals surface area contributed by atoms with Crippen molar-refractivity contribution < 1.29 is 38.3 Å². The molecule has 0 saturated carbocycles. The quantitative estimate of drug-likeness (QED) is 0.129. The molecule has 0 aliphatic rings. The van der Waals surface area contributed by atoms with E-state index in [4.69, 9.17) is 28.4 Å². The van der Waals surface area contributed by atoms with E-state index in [0.29, 0.717) is 55.8 Å². The van der Waals surface area contributed by atoms with Gasteiger partial charge in [-0.3, -0.25) is 0 Å². The topological polar surface area (TPSA) is 92.7 Å². The average molecular weight is 503 g/mol. The van der Waals surface area contributed by atoms with Gasteiger partial charge in [-0.2, -0.15) is 0 Å². The molecule has 36 heavy (non-hydrogen) atoms. The lowest BCUT2D eigenvalue weighted by molar-refractivity contribution is -0.136. The largest absolute Gasteiger partial charge is 0.493 e. The molecule has 2 aromatic rings. The molecule has 2 aromatic carbocycles. The number of rotatable bonds is 18. The predicted molar refractivity (Wildman–Crippen MR) is 138 cm³/mol. The molecule has 8 heteroatoms. The number of benzene rings is 2. The lowest BCUT2D eigenvalue weighted by Gasteiger charge is -2.14. The number of carbonyl (C=O) groups is 1. The van der Waals surface area contributed by atoms with Crippen molar-refractivity contribution in [1.29, 1.82) is 0 Å². The molecule has 0 bridgehead atoms. The first kappa shape index (κ1) is 29.0. The summed E-state index contributed by atoms with van der Waals surface area (Å²) in [6.45, 7) is 8.44. The van der Waals surface area contributed by atoms with Crippen LogP contribution in [0.25, 0.3) is 6.08 Å². The van der Waals surface area contributed by atoms with Gasteiger partial charge >= 0.3 is 5.97 Å². The van der Waals surface area contributed by atoms with Gasteiger partial charge in [-0.25, -0.2) is 4.79 Å². The minimum absolute atomic E-state index is 0.131. The van der Waals surface area contributed by atoms with E-state index >= 15 is 0 Å². The Kier molecular flexibility index (Phi) is 13.2. The minimum atomic E-state index is -1.12. The standard InChI is InChI=1S/C28H38O8/c1-5-33-27(28(29)30)18-23-8-11-25(19-26(23)35-14-12-21(2)3)34-15-13-22-6-9-24(10-7-22)36-20-32-17-16-31-4/h6-11,18-19,21H,5,12-17,20H2,1-4H3,(H,29,30)/b27-18-. The molecule has 0 fully saturated rings. The van der Waals surface area contributed by atoms with Gasteiger partial charge in [-0.05, 0) is 55.2 Å². The molecule has 0 heterocycles. The van der Waals surface area contributed by atoms with Crippen molar-refractivity contribution in [3.8, 4) is 17.2 Å². The highest BCUT2D eigenvalue weighted by Gasteiger charge is 2.12. The molecule has 0 radical (unpaired) electrons. The number of ether oxygens (including phenoxy) is 6. The summed E-state index contributed by atoms with van der Waals surface area (Å²) in [7, 11) is 1.63. The molecule has 0 aromatic heterocycles. The third kappa shape index (κ3) is 11.0. The SMILES string of the molecule is CCO/C(=C\c1ccc(OCCc2ccc(OCOCCOC)cc2)cc1OCCC(C)C)C(=O)O. The van der Waals surface area contributed by atoms with E-state index in [-0.39, 0.29) is 19.2 Å². The highest BCUT2D eigenvalue weighted by Crippen LogP contribution is 2.28. The molecule has 0 aliphatic heterocycles. The van der Waals surface area contributed by atoms with E-state index in [9.17, 15) is 9.90 Å². The Bertz CT molecular complexity index is 937. The van der Waals surface area contributed by atoms with Gasteiger partial charge in [0.25, 0.3) is 0 Å². The molecular weight excluding hydrogens is 464 g/mol. The van der Waals surface area contributed by atoms with E-state index in [1.807, 2.05) is 24.3 Å². The van der Waals surface area contributed by atoms with Gasteiger partial charge in [0.1, 0.15) is 17.2 Å². The van der Waals surface area contributed by atoms with Crippen molar-refractivity contribution >= 4 is 12.0 Å². The normalized spacial score (nSPS) is 11.4. The summed E-state index contributed by atoms with van der Waals surface area (Å²) in [5, 5.41) is 9.40. The molecule has 0 spiro atoms. The summed E-state index contributed by atoms with van der Waals surface area (Å²) >= 11 is 0. The number of carboxylic acids is 1. The Morgan fingerprint density at radius 3 is 2.36 bits per heavy atom. The van der Waals surface area contributed by atoms with Gasteiger partial charge in [-0.1, -0.05) is 26.0 Å². The molecule has 0 amide bonds. The highest BCUT2D eigenvalue weighted by atomic mass is 16.7. The average Bonchev–Trinajstić information content (AvgIpc) is 2.85. The number of hydrogen-bond acceptors (Lipinski definition) is 7. The molecular formula is C28H38O8. The van der Waals surface area contributed by atoms with E-state index in [1.165, 1.54) is 6.08 Å². The maximum atomic E-state index is 11.5. The van der Waals surface area contributed by atoms with Crippen LogP contribution in [0.15, 0.2) is 48.2 Å². The summed E-state index contributed by atoms with van der Waals surface area (Å²) in [6, 6.07) is 13.1. The third-order valence-corrected chi connectivity index (χ3v) is 5.06. The van der Waals surface area contributed by atoms with Gasteiger partial charge in [0.2, 0.25) is 5.76 Å². The summed E-state index contributed by atoms with van der Waals surface area (Å²) in [4.78, 5) is 11.5. The van der Waals surface area contributed by atoms with Crippen LogP contribution in [0, 0.1) is 5.92 Å². The van der Waals surface area contributed by atoms with Crippen molar-refractivity contribution in [3.05, 3.63) is 59.4 Å². The van der Waals surface area contributed by atoms with Crippen molar-refractivity contribution in [2.75, 3.05) is 46.9 Å². The fraction of sp³-hybridized carbons (Fsp3) is 0.464. The van der Waals surface area contributed by atoms with Crippen molar-refractivity contribution in [3.63, 3.8) is 0 Å².